The molecule has 2 N–H and O–H groups in total. The van der Waals surface area contributed by atoms with E-state index in [2.05, 4.69) is 18.2 Å². The Morgan fingerprint density at radius 3 is 2.69 bits per heavy atom. The Balaban J connectivity index is 2.15. The number of nitrogens with two attached hydrogens (primary N) is 1. The van der Waals surface area contributed by atoms with E-state index in [0.29, 0.717) is 6.04 Å². The van der Waals surface area contributed by atoms with Gasteiger partial charge in [-0.25, -0.2) is 0 Å². The first-order valence-electron chi connectivity index (χ1n) is 5.18. The van der Waals surface area contributed by atoms with Crippen LogP contribution < -0.4 is 5.73 Å². The van der Waals surface area contributed by atoms with Gasteiger partial charge in [0.05, 0.1) is 0 Å². The van der Waals surface area contributed by atoms with Crippen molar-refractivity contribution in [3.8, 4) is 0 Å². The lowest BCUT2D eigenvalue weighted by Crippen LogP contribution is -2.40. The van der Waals surface area contributed by atoms with Gasteiger partial charge in [0, 0.05) is 12.6 Å². The molecule has 3 heteroatoms. The normalized spacial score (nSPS) is 19.4. The summed E-state index contributed by atoms with van der Waals surface area (Å²) in [4.78, 5) is 2.45. The molecular formula is C10H22N2S. The molecule has 0 aliphatic heterocycles. The molecule has 78 valence electrons. The first kappa shape index (κ1) is 11.3. The fraction of sp³-hybridized carbons (Fsp3) is 1.00. The molecule has 1 aliphatic carbocycles. The molecule has 0 saturated heterocycles. The smallest absolute Gasteiger partial charge is 0.0243 e. The first-order valence-corrected chi connectivity index (χ1v) is 6.58. The van der Waals surface area contributed by atoms with Gasteiger partial charge in [-0.3, -0.25) is 0 Å². The van der Waals surface area contributed by atoms with Crippen molar-refractivity contribution in [2.75, 3.05) is 32.1 Å². The monoisotopic (exact) mass is 202 g/mol. The van der Waals surface area contributed by atoms with Crippen molar-refractivity contribution >= 4 is 11.8 Å². The third-order valence-corrected chi connectivity index (χ3v) is 3.53. The standard InChI is InChI=1S/C10H22N2S/c1-12(6-3-7-13-2)10(8-11)9-4-5-9/h9-10H,3-8,11H2,1-2H3. The molecule has 0 spiro atoms. The Bertz CT molecular complexity index is 137. The summed E-state index contributed by atoms with van der Waals surface area (Å²) in [5.41, 5.74) is 5.77. The number of nitrogens with zero attached hydrogens (tertiary/aromatic N) is 1. The molecule has 1 rings (SSSR count). The zero-order valence-corrected chi connectivity index (χ0v) is 9.65. The van der Waals surface area contributed by atoms with E-state index in [0.717, 1.165) is 12.5 Å². The van der Waals surface area contributed by atoms with Crippen molar-refractivity contribution in [1.82, 2.24) is 4.90 Å². The fourth-order valence-corrected chi connectivity index (χ4v) is 2.26. The maximum atomic E-state index is 5.77. The van der Waals surface area contributed by atoms with Crippen molar-refractivity contribution in [2.45, 2.75) is 25.3 Å². The maximum absolute atomic E-state index is 5.77. The summed E-state index contributed by atoms with van der Waals surface area (Å²) in [6, 6.07) is 0.654. The van der Waals surface area contributed by atoms with Gasteiger partial charge in [0.15, 0.2) is 0 Å². The van der Waals surface area contributed by atoms with Crippen LogP contribution >= 0.6 is 11.8 Å². The first-order chi connectivity index (χ1) is 6.29. The lowest BCUT2D eigenvalue weighted by molar-refractivity contribution is 0.224. The maximum Gasteiger partial charge on any atom is 0.0243 e. The van der Waals surface area contributed by atoms with Crippen LogP contribution in [0.4, 0.5) is 0 Å². The van der Waals surface area contributed by atoms with E-state index >= 15 is 0 Å². The molecule has 1 atom stereocenters. The molecule has 0 aromatic carbocycles. The fourth-order valence-electron chi connectivity index (χ4n) is 1.84. The average molecular weight is 202 g/mol. The van der Waals surface area contributed by atoms with E-state index in [9.17, 15) is 0 Å². The molecule has 1 aliphatic rings. The lowest BCUT2D eigenvalue weighted by atomic mass is 10.1. The zero-order valence-electron chi connectivity index (χ0n) is 8.83. The van der Waals surface area contributed by atoms with E-state index in [1.165, 1.54) is 31.6 Å². The Kier molecular flexibility index (Phi) is 5.14. The van der Waals surface area contributed by atoms with Gasteiger partial charge < -0.3 is 10.6 Å². The quantitative estimate of drug-likeness (QED) is 0.633. The molecule has 13 heavy (non-hydrogen) atoms. The highest BCUT2D eigenvalue weighted by Gasteiger charge is 2.32. The second kappa shape index (κ2) is 5.89. The number of rotatable bonds is 7. The van der Waals surface area contributed by atoms with Crippen molar-refractivity contribution in [2.24, 2.45) is 11.7 Å². The Labute approximate surface area is 86.2 Å². The van der Waals surface area contributed by atoms with E-state index in [4.69, 9.17) is 5.73 Å². The molecule has 0 heterocycles. The highest BCUT2D eigenvalue weighted by atomic mass is 32.2. The van der Waals surface area contributed by atoms with Crippen LogP contribution in [0.15, 0.2) is 0 Å². The van der Waals surface area contributed by atoms with Gasteiger partial charge in [0.1, 0.15) is 0 Å². The molecule has 1 saturated carbocycles. The van der Waals surface area contributed by atoms with Gasteiger partial charge in [0.2, 0.25) is 0 Å². The van der Waals surface area contributed by atoms with Crippen LogP contribution in [0.1, 0.15) is 19.3 Å². The lowest BCUT2D eigenvalue weighted by Gasteiger charge is -2.26. The van der Waals surface area contributed by atoms with E-state index in [-0.39, 0.29) is 0 Å². The minimum absolute atomic E-state index is 0.654. The minimum Gasteiger partial charge on any atom is -0.329 e. The highest BCUT2D eigenvalue weighted by molar-refractivity contribution is 7.98. The van der Waals surface area contributed by atoms with Crippen molar-refractivity contribution < 1.29 is 0 Å². The molecule has 0 aromatic heterocycles. The number of thioether (sulfide) groups is 1. The minimum atomic E-state index is 0.654. The van der Waals surface area contributed by atoms with Crippen LogP contribution in [0.5, 0.6) is 0 Å². The van der Waals surface area contributed by atoms with Crippen molar-refractivity contribution in [3.05, 3.63) is 0 Å². The second-order valence-electron chi connectivity index (χ2n) is 3.97. The topological polar surface area (TPSA) is 29.3 Å². The molecule has 2 nitrogen and oxygen atoms in total. The predicted octanol–water partition coefficient (Wildman–Crippen LogP) is 1.41. The Hall–Kier alpha value is 0.270. The van der Waals surface area contributed by atoms with E-state index < -0.39 is 0 Å². The van der Waals surface area contributed by atoms with Gasteiger partial charge in [-0.05, 0) is 50.8 Å². The summed E-state index contributed by atoms with van der Waals surface area (Å²) in [5, 5.41) is 0. The van der Waals surface area contributed by atoms with Crippen LogP contribution in [0, 0.1) is 5.92 Å². The summed E-state index contributed by atoms with van der Waals surface area (Å²) in [6.07, 6.45) is 6.26. The predicted molar refractivity (Wildman–Crippen MR) is 61.2 cm³/mol. The molecular weight excluding hydrogens is 180 g/mol. The van der Waals surface area contributed by atoms with E-state index in [1.807, 2.05) is 11.8 Å². The molecule has 1 unspecified atom stereocenters. The molecule has 0 bridgehead atoms. The SMILES string of the molecule is CSCCCN(C)C(CN)C1CC1. The summed E-state index contributed by atoms with van der Waals surface area (Å²) >= 11 is 1.93. The highest BCUT2D eigenvalue weighted by Crippen LogP contribution is 2.34. The van der Waals surface area contributed by atoms with Gasteiger partial charge in [-0.15, -0.1) is 0 Å². The van der Waals surface area contributed by atoms with Gasteiger partial charge in [0.25, 0.3) is 0 Å². The van der Waals surface area contributed by atoms with Crippen molar-refractivity contribution in [1.29, 1.82) is 0 Å². The summed E-state index contributed by atoms with van der Waals surface area (Å²) in [5.74, 6) is 2.18. The van der Waals surface area contributed by atoms with Crippen LogP contribution in [0.25, 0.3) is 0 Å². The van der Waals surface area contributed by atoms with Crippen LogP contribution in [-0.4, -0.2) is 43.1 Å². The molecule has 0 amide bonds. The number of hydrogen-bond acceptors (Lipinski definition) is 3. The largest absolute Gasteiger partial charge is 0.329 e. The Morgan fingerprint density at radius 1 is 1.54 bits per heavy atom. The van der Waals surface area contributed by atoms with Crippen molar-refractivity contribution in [3.63, 3.8) is 0 Å². The second-order valence-corrected chi connectivity index (χ2v) is 4.95. The van der Waals surface area contributed by atoms with Crippen LogP contribution in [-0.2, 0) is 0 Å². The number of hydrogen-bond donors (Lipinski definition) is 1. The van der Waals surface area contributed by atoms with E-state index in [1.54, 1.807) is 0 Å². The van der Waals surface area contributed by atoms with Gasteiger partial charge >= 0.3 is 0 Å². The third-order valence-electron chi connectivity index (χ3n) is 2.83. The third kappa shape index (κ3) is 3.88. The molecule has 1 fully saturated rings. The summed E-state index contributed by atoms with van der Waals surface area (Å²) in [6.45, 7) is 2.04. The summed E-state index contributed by atoms with van der Waals surface area (Å²) < 4.78 is 0. The number of likely N-dealkylation sites (N-methyl/N-ethyl adjacent to an activating group) is 1. The summed E-state index contributed by atoms with van der Waals surface area (Å²) in [7, 11) is 2.22. The molecule has 0 radical (unpaired) electrons. The average Bonchev–Trinajstić information content (AvgIpc) is 2.90. The van der Waals surface area contributed by atoms with Crippen LogP contribution in [0.2, 0.25) is 0 Å². The molecule has 0 aromatic rings. The zero-order chi connectivity index (χ0) is 9.68. The Morgan fingerprint density at radius 2 is 2.23 bits per heavy atom. The van der Waals surface area contributed by atoms with Gasteiger partial charge in [-0.2, -0.15) is 11.8 Å². The van der Waals surface area contributed by atoms with Gasteiger partial charge in [-0.1, -0.05) is 0 Å². The van der Waals surface area contributed by atoms with Crippen LogP contribution in [0.3, 0.4) is 0 Å².